The van der Waals surface area contributed by atoms with Crippen LogP contribution in [0.1, 0.15) is 34.1 Å². The van der Waals surface area contributed by atoms with Crippen LogP contribution in [0, 0.1) is 5.92 Å². The van der Waals surface area contributed by atoms with Gasteiger partial charge in [-0.25, -0.2) is 10.3 Å². The molecule has 1 rings (SSSR count). The fourth-order valence-corrected chi connectivity index (χ4v) is 1.83. The SMILES string of the molecule is C[C@@H]1CN(C(=O)OC(C)(C)C)CCC1NO. The number of hydroxylamine groups is 1. The van der Waals surface area contributed by atoms with E-state index in [1.807, 2.05) is 27.7 Å². The summed E-state index contributed by atoms with van der Waals surface area (Å²) in [6, 6.07) is 0.0682. The summed E-state index contributed by atoms with van der Waals surface area (Å²) in [5.74, 6) is 0.228. The Kier molecular flexibility index (Phi) is 4.15. The van der Waals surface area contributed by atoms with Gasteiger partial charge in [0.2, 0.25) is 0 Å². The maximum atomic E-state index is 11.8. The average molecular weight is 230 g/mol. The van der Waals surface area contributed by atoms with Crippen molar-refractivity contribution in [3.8, 4) is 0 Å². The Morgan fingerprint density at radius 1 is 1.50 bits per heavy atom. The number of amides is 1. The topological polar surface area (TPSA) is 61.8 Å². The van der Waals surface area contributed by atoms with Crippen LogP contribution in [0.4, 0.5) is 4.79 Å². The molecule has 2 atom stereocenters. The highest BCUT2D eigenvalue weighted by molar-refractivity contribution is 5.68. The summed E-state index contributed by atoms with van der Waals surface area (Å²) in [7, 11) is 0. The summed E-state index contributed by atoms with van der Waals surface area (Å²) in [5, 5.41) is 8.89. The Morgan fingerprint density at radius 2 is 2.12 bits per heavy atom. The van der Waals surface area contributed by atoms with Crippen LogP contribution in [0.2, 0.25) is 0 Å². The highest BCUT2D eigenvalue weighted by atomic mass is 16.6. The highest BCUT2D eigenvalue weighted by Crippen LogP contribution is 2.19. The fraction of sp³-hybridized carbons (Fsp3) is 0.909. The van der Waals surface area contributed by atoms with E-state index in [-0.39, 0.29) is 18.1 Å². The zero-order valence-corrected chi connectivity index (χ0v) is 10.5. The molecule has 1 heterocycles. The third-order valence-corrected chi connectivity index (χ3v) is 2.72. The Balaban J connectivity index is 2.48. The van der Waals surface area contributed by atoms with Gasteiger partial charge < -0.3 is 14.8 Å². The zero-order valence-electron chi connectivity index (χ0n) is 10.5. The molecule has 1 fully saturated rings. The first-order valence-corrected chi connectivity index (χ1v) is 5.71. The van der Waals surface area contributed by atoms with Gasteiger partial charge in [-0.15, -0.1) is 0 Å². The lowest BCUT2D eigenvalue weighted by atomic mass is 9.95. The molecule has 0 radical (unpaired) electrons. The number of ether oxygens (including phenoxy) is 1. The Morgan fingerprint density at radius 3 is 2.56 bits per heavy atom. The molecule has 0 aromatic heterocycles. The molecule has 0 aromatic carbocycles. The molecule has 0 aromatic rings. The minimum atomic E-state index is -0.452. The largest absolute Gasteiger partial charge is 0.444 e. The molecule has 5 heteroatoms. The molecule has 0 spiro atoms. The smallest absolute Gasteiger partial charge is 0.410 e. The molecular formula is C11H22N2O3. The first-order chi connectivity index (χ1) is 7.33. The molecule has 1 unspecified atom stereocenters. The first-order valence-electron chi connectivity index (χ1n) is 5.71. The third-order valence-electron chi connectivity index (χ3n) is 2.72. The number of hydrogen-bond donors (Lipinski definition) is 2. The number of rotatable bonds is 1. The van der Waals surface area contributed by atoms with Crippen LogP contribution < -0.4 is 5.48 Å². The molecule has 94 valence electrons. The summed E-state index contributed by atoms with van der Waals surface area (Å²) in [5.41, 5.74) is 1.83. The molecule has 1 saturated heterocycles. The molecule has 16 heavy (non-hydrogen) atoms. The van der Waals surface area contributed by atoms with Gasteiger partial charge in [0.15, 0.2) is 0 Å². The minimum absolute atomic E-state index is 0.0682. The lowest BCUT2D eigenvalue weighted by Gasteiger charge is -2.36. The van der Waals surface area contributed by atoms with Crippen molar-refractivity contribution in [2.75, 3.05) is 13.1 Å². The van der Waals surface area contributed by atoms with E-state index in [1.54, 1.807) is 4.90 Å². The van der Waals surface area contributed by atoms with Crippen molar-refractivity contribution in [3.63, 3.8) is 0 Å². The lowest BCUT2D eigenvalue weighted by molar-refractivity contribution is 0.00341. The van der Waals surface area contributed by atoms with Crippen LogP contribution in [0.3, 0.4) is 0 Å². The van der Waals surface area contributed by atoms with Crippen molar-refractivity contribution < 1.29 is 14.7 Å². The van der Waals surface area contributed by atoms with E-state index in [4.69, 9.17) is 9.94 Å². The molecule has 2 N–H and O–H groups in total. The third kappa shape index (κ3) is 3.64. The van der Waals surface area contributed by atoms with E-state index in [1.165, 1.54) is 0 Å². The fourth-order valence-electron chi connectivity index (χ4n) is 1.83. The first kappa shape index (κ1) is 13.3. The average Bonchev–Trinajstić information content (AvgIpc) is 2.15. The lowest BCUT2D eigenvalue weighted by Crippen LogP contribution is -2.50. The Labute approximate surface area is 96.7 Å². The van der Waals surface area contributed by atoms with Crippen LogP contribution in [0.15, 0.2) is 0 Å². The van der Waals surface area contributed by atoms with Crippen LogP contribution >= 0.6 is 0 Å². The Bertz CT molecular complexity index is 250. The maximum absolute atomic E-state index is 11.8. The number of hydrogen-bond acceptors (Lipinski definition) is 4. The van der Waals surface area contributed by atoms with Crippen molar-refractivity contribution >= 4 is 6.09 Å². The quantitative estimate of drug-likeness (QED) is 0.672. The number of likely N-dealkylation sites (tertiary alicyclic amines) is 1. The van der Waals surface area contributed by atoms with Crippen molar-refractivity contribution in [2.45, 2.75) is 45.8 Å². The summed E-state index contributed by atoms with van der Waals surface area (Å²) in [4.78, 5) is 13.5. The minimum Gasteiger partial charge on any atom is -0.444 e. The van der Waals surface area contributed by atoms with Gasteiger partial charge in [-0.05, 0) is 33.1 Å². The zero-order chi connectivity index (χ0) is 12.3. The molecule has 1 aliphatic rings. The van der Waals surface area contributed by atoms with E-state index < -0.39 is 5.60 Å². The highest BCUT2D eigenvalue weighted by Gasteiger charge is 2.30. The molecule has 1 amide bonds. The van der Waals surface area contributed by atoms with Gasteiger partial charge in [-0.2, -0.15) is 0 Å². The van der Waals surface area contributed by atoms with Gasteiger partial charge in [-0.1, -0.05) is 6.92 Å². The van der Waals surface area contributed by atoms with Gasteiger partial charge in [-0.3, -0.25) is 0 Å². The molecule has 0 saturated carbocycles. The number of nitrogens with one attached hydrogen (secondary N) is 1. The van der Waals surface area contributed by atoms with Crippen LogP contribution in [-0.2, 0) is 4.74 Å². The van der Waals surface area contributed by atoms with Gasteiger partial charge in [0.1, 0.15) is 5.60 Å². The Hall–Kier alpha value is -0.810. The van der Waals surface area contributed by atoms with Crippen molar-refractivity contribution in [1.82, 2.24) is 10.4 Å². The second-order valence-electron chi connectivity index (χ2n) is 5.43. The van der Waals surface area contributed by atoms with E-state index in [0.717, 1.165) is 6.42 Å². The molecular weight excluding hydrogens is 208 g/mol. The summed E-state index contributed by atoms with van der Waals surface area (Å²) < 4.78 is 5.30. The van der Waals surface area contributed by atoms with E-state index in [0.29, 0.717) is 13.1 Å². The van der Waals surface area contributed by atoms with E-state index in [2.05, 4.69) is 5.48 Å². The van der Waals surface area contributed by atoms with Gasteiger partial charge in [0, 0.05) is 19.1 Å². The van der Waals surface area contributed by atoms with E-state index >= 15 is 0 Å². The van der Waals surface area contributed by atoms with Crippen LogP contribution in [-0.4, -0.2) is 40.9 Å². The van der Waals surface area contributed by atoms with E-state index in [9.17, 15) is 4.79 Å². The van der Waals surface area contributed by atoms with Gasteiger partial charge in [0.05, 0.1) is 0 Å². The summed E-state index contributed by atoms with van der Waals surface area (Å²) in [6.07, 6.45) is 0.479. The van der Waals surface area contributed by atoms with Crippen molar-refractivity contribution in [2.24, 2.45) is 5.92 Å². The standard InChI is InChI=1S/C11H22N2O3/c1-8-7-13(6-5-9(8)12-15)10(14)16-11(2,3)4/h8-9,12,15H,5-7H2,1-4H3/t8-,9?/m1/s1. The summed E-state index contributed by atoms with van der Waals surface area (Å²) >= 11 is 0. The normalized spacial score (nSPS) is 26.7. The predicted octanol–water partition coefficient (Wildman–Crippen LogP) is 1.61. The molecule has 0 bridgehead atoms. The maximum Gasteiger partial charge on any atom is 0.410 e. The van der Waals surface area contributed by atoms with Crippen molar-refractivity contribution in [1.29, 1.82) is 0 Å². The molecule has 0 aliphatic carbocycles. The number of carbonyl (C=O) groups is 1. The molecule has 5 nitrogen and oxygen atoms in total. The summed E-state index contributed by atoms with van der Waals surface area (Å²) in [6.45, 7) is 8.82. The number of piperidine rings is 1. The molecule has 1 aliphatic heterocycles. The monoisotopic (exact) mass is 230 g/mol. The number of nitrogens with zero attached hydrogens (tertiary/aromatic N) is 1. The second-order valence-corrected chi connectivity index (χ2v) is 5.43. The number of carbonyl (C=O) groups excluding carboxylic acids is 1. The van der Waals surface area contributed by atoms with Gasteiger partial charge in [0.25, 0.3) is 0 Å². The predicted molar refractivity (Wildman–Crippen MR) is 60.3 cm³/mol. The van der Waals surface area contributed by atoms with Crippen LogP contribution in [0.25, 0.3) is 0 Å². The van der Waals surface area contributed by atoms with Gasteiger partial charge >= 0.3 is 6.09 Å². The second kappa shape index (κ2) is 5.01. The van der Waals surface area contributed by atoms with Crippen LogP contribution in [0.5, 0.6) is 0 Å². The van der Waals surface area contributed by atoms with Crippen molar-refractivity contribution in [3.05, 3.63) is 0 Å².